The van der Waals surface area contributed by atoms with Gasteiger partial charge in [0.1, 0.15) is 6.04 Å². The van der Waals surface area contributed by atoms with Gasteiger partial charge in [-0.15, -0.1) is 0 Å². The van der Waals surface area contributed by atoms with Gasteiger partial charge in [-0.1, -0.05) is 0 Å². The average molecular weight is 259 g/mol. The number of carboxylic acid groups (broad SMARTS) is 1. The summed E-state index contributed by atoms with van der Waals surface area (Å²) in [6, 6.07) is 4.92. The Hall–Kier alpha value is -1.80. The van der Waals surface area contributed by atoms with E-state index in [-0.39, 0.29) is 11.4 Å². The lowest BCUT2D eigenvalue weighted by molar-refractivity contribution is -0.384. The Balaban J connectivity index is 0.000000325. The van der Waals surface area contributed by atoms with E-state index in [1.807, 2.05) is 0 Å². The van der Waals surface area contributed by atoms with Gasteiger partial charge in [-0.05, 0) is 12.1 Å². The number of nitro groups is 1. The highest BCUT2D eigenvalue weighted by molar-refractivity contribution is 7.80. The predicted molar refractivity (Wildman–Crippen MR) is 67.0 cm³/mol. The topological polar surface area (TPSA) is 132 Å². The lowest BCUT2D eigenvalue weighted by atomic mass is 10.3. The molecule has 1 aromatic rings. The molecule has 0 amide bonds. The van der Waals surface area contributed by atoms with Crippen LogP contribution in [0, 0.1) is 10.1 Å². The number of carboxylic acids is 1. The Bertz CT molecular complexity index is 382. The second kappa shape index (κ2) is 7.47. The Labute approximate surface area is 103 Å². The molecule has 94 valence electrons. The second-order valence-corrected chi connectivity index (χ2v) is 3.34. The van der Waals surface area contributed by atoms with Crippen LogP contribution < -0.4 is 11.5 Å². The third kappa shape index (κ3) is 6.38. The van der Waals surface area contributed by atoms with Crippen LogP contribution in [0.5, 0.6) is 0 Å². The molecule has 0 aliphatic carbocycles. The average Bonchev–Trinajstić information content (AvgIpc) is 2.29. The first kappa shape index (κ1) is 15.2. The molecule has 7 nitrogen and oxygen atoms in total. The van der Waals surface area contributed by atoms with Crippen molar-refractivity contribution in [1.29, 1.82) is 0 Å². The monoisotopic (exact) mass is 259 g/mol. The summed E-state index contributed by atoms with van der Waals surface area (Å²) in [5, 5.41) is 18.1. The summed E-state index contributed by atoms with van der Waals surface area (Å²) in [5.74, 6) is -0.815. The molecule has 1 aromatic carbocycles. The van der Waals surface area contributed by atoms with Crippen LogP contribution in [0.25, 0.3) is 0 Å². The largest absolute Gasteiger partial charge is 0.480 e. The van der Waals surface area contributed by atoms with E-state index < -0.39 is 16.9 Å². The standard InChI is InChI=1S/C6H6N2O2.C3H7NO2S/c7-5-1-3-6(4-2-5)8(9)10;4-2(1-7)3(5)6/h1-4H,7H2;2,7H,1,4H2,(H,5,6)/t;2-/m.0/s1. The molecule has 0 fully saturated rings. The minimum absolute atomic E-state index is 0.0641. The molecule has 1 rings (SSSR count). The highest BCUT2D eigenvalue weighted by Crippen LogP contribution is 2.11. The number of carbonyl (C=O) groups is 1. The maximum Gasteiger partial charge on any atom is 0.321 e. The van der Waals surface area contributed by atoms with Crippen molar-refractivity contribution in [3.63, 3.8) is 0 Å². The summed E-state index contributed by atoms with van der Waals surface area (Å²) in [6.07, 6.45) is 0. The van der Waals surface area contributed by atoms with Crippen LogP contribution in [0.1, 0.15) is 0 Å². The molecule has 0 saturated heterocycles. The molecule has 8 heteroatoms. The zero-order valence-electron chi connectivity index (χ0n) is 8.81. The summed E-state index contributed by atoms with van der Waals surface area (Å²) in [7, 11) is 0. The van der Waals surface area contributed by atoms with Gasteiger partial charge in [0.2, 0.25) is 0 Å². The number of nitrogens with zero attached hydrogens (tertiary/aromatic N) is 1. The van der Waals surface area contributed by atoms with Crippen LogP contribution in [0.3, 0.4) is 0 Å². The van der Waals surface area contributed by atoms with Crippen LogP contribution >= 0.6 is 12.6 Å². The minimum Gasteiger partial charge on any atom is -0.480 e. The molecule has 0 aliphatic rings. The van der Waals surface area contributed by atoms with Gasteiger partial charge < -0.3 is 16.6 Å². The van der Waals surface area contributed by atoms with E-state index in [1.165, 1.54) is 24.3 Å². The summed E-state index contributed by atoms with van der Waals surface area (Å²) < 4.78 is 0. The van der Waals surface area contributed by atoms with Gasteiger partial charge in [-0.25, -0.2) is 0 Å². The normalized spacial score (nSPS) is 10.9. The molecule has 0 radical (unpaired) electrons. The number of hydrogen-bond donors (Lipinski definition) is 4. The van der Waals surface area contributed by atoms with Crippen LogP contribution in [0.2, 0.25) is 0 Å². The molecule has 0 spiro atoms. The maximum absolute atomic E-state index is 10.1. The van der Waals surface area contributed by atoms with E-state index in [0.717, 1.165) is 0 Å². The number of nitrogens with two attached hydrogens (primary N) is 2. The molecule has 1 atom stereocenters. The smallest absolute Gasteiger partial charge is 0.321 e. The van der Waals surface area contributed by atoms with Gasteiger partial charge in [0.25, 0.3) is 5.69 Å². The number of nitro benzene ring substituents is 1. The van der Waals surface area contributed by atoms with Crippen LogP contribution in [0.15, 0.2) is 24.3 Å². The van der Waals surface area contributed by atoms with E-state index >= 15 is 0 Å². The maximum atomic E-state index is 10.1. The highest BCUT2D eigenvalue weighted by atomic mass is 32.1. The first-order valence-corrected chi connectivity index (χ1v) is 5.11. The summed E-state index contributed by atoms with van der Waals surface area (Å²) in [4.78, 5) is 19.4. The molecule has 0 unspecified atom stereocenters. The van der Waals surface area contributed by atoms with E-state index in [9.17, 15) is 14.9 Å². The van der Waals surface area contributed by atoms with Crippen molar-refractivity contribution < 1.29 is 14.8 Å². The number of aliphatic carboxylic acids is 1. The molecule has 0 aliphatic heterocycles. The van der Waals surface area contributed by atoms with Crippen molar-refractivity contribution in [2.45, 2.75) is 6.04 Å². The first-order chi connectivity index (χ1) is 7.88. The first-order valence-electron chi connectivity index (χ1n) is 4.47. The molecule has 0 heterocycles. The van der Waals surface area contributed by atoms with Gasteiger partial charge in [0.05, 0.1) is 4.92 Å². The van der Waals surface area contributed by atoms with Crippen molar-refractivity contribution in [3.8, 4) is 0 Å². The van der Waals surface area contributed by atoms with Gasteiger partial charge in [-0.3, -0.25) is 14.9 Å². The fraction of sp³-hybridized carbons (Fsp3) is 0.222. The van der Waals surface area contributed by atoms with E-state index in [0.29, 0.717) is 5.69 Å². The summed E-state index contributed by atoms with van der Waals surface area (Å²) in [6.45, 7) is 0. The summed E-state index contributed by atoms with van der Waals surface area (Å²) >= 11 is 3.65. The quantitative estimate of drug-likeness (QED) is 0.270. The fourth-order valence-electron chi connectivity index (χ4n) is 0.674. The van der Waals surface area contributed by atoms with Gasteiger partial charge >= 0.3 is 5.97 Å². The predicted octanol–water partition coefficient (Wildman–Crippen LogP) is 0.505. The lowest BCUT2D eigenvalue weighted by Gasteiger charge is -1.96. The van der Waals surface area contributed by atoms with E-state index in [4.69, 9.17) is 16.6 Å². The number of rotatable bonds is 3. The minimum atomic E-state index is -1.00. The van der Waals surface area contributed by atoms with Crippen molar-refractivity contribution in [2.75, 3.05) is 11.5 Å². The molecule has 0 saturated carbocycles. The molecule has 5 N–H and O–H groups in total. The number of benzene rings is 1. The summed E-state index contributed by atoms with van der Waals surface area (Å²) in [5.41, 5.74) is 10.8. The number of non-ortho nitro benzene ring substituents is 1. The van der Waals surface area contributed by atoms with Crippen LogP contribution in [0.4, 0.5) is 11.4 Å². The lowest BCUT2D eigenvalue weighted by Crippen LogP contribution is -2.31. The zero-order chi connectivity index (χ0) is 13.4. The van der Waals surface area contributed by atoms with Crippen molar-refractivity contribution in [1.82, 2.24) is 0 Å². The van der Waals surface area contributed by atoms with Gasteiger partial charge in [-0.2, -0.15) is 12.6 Å². The Morgan fingerprint density at radius 2 is 1.94 bits per heavy atom. The zero-order valence-corrected chi connectivity index (χ0v) is 9.71. The Morgan fingerprint density at radius 1 is 1.47 bits per heavy atom. The SMILES string of the molecule is N[C@@H](CS)C(=O)O.Nc1ccc([N+](=O)[O-])cc1. The molecular weight excluding hydrogens is 246 g/mol. The fourth-order valence-corrected chi connectivity index (χ4v) is 0.830. The third-order valence-electron chi connectivity index (χ3n) is 1.62. The van der Waals surface area contributed by atoms with Crippen molar-refractivity contribution >= 4 is 30.0 Å². The molecular formula is C9H13N3O4S. The third-order valence-corrected chi connectivity index (χ3v) is 2.01. The molecule has 0 bridgehead atoms. The Kier molecular flexibility index (Phi) is 6.68. The van der Waals surface area contributed by atoms with Crippen molar-refractivity contribution in [3.05, 3.63) is 34.4 Å². The number of hydrogen-bond acceptors (Lipinski definition) is 6. The van der Waals surface area contributed by atoms with Gasteiger partial charge in [0.15, 0.2) is 0 Å². The molecule has 0 aromatic heterocycles. The van der Waals surface area contributed by atoms with Crippen LogP contribution in [-0.2, 0) is 4.79 Å². The van der Waals surface area contributed by atoms with E-state index in [1.54, 1.807) is 0 Å². The van der Waals surface area contributed by atoms with Crippen LogP contribution in [-0.4, -0.2) is 27.8 Å². The number of nitrogen functional groups attached to an aromatic ring is 1. The van der Waals surface area contributed by atoms with Gasteiger partial charge in [0, 0.05) is 23.6 Å². The number of anilines is 1. The van der Waals surface area contributed by atoms with Crippen molar-refractivity contribution in [2.24, 2.45) is 5.73 Å². The second-order valence-electron chi connectivity index (χ2n) is 2.98. The number of thiol groups is 1. The van der Waals surface area contributed by atoms with E-state index in [2.05, 4.69) is 12.6 Å². The Morgan fingerprint density at radius 3 is 2.18 bits per heavy atom. The highest BCUT2D eigenvalue weighted by Gasteiger charge is 2.06. The molecule has 17 heavy (non-hydrogen) atoms.